The van der Waals surface area contributed by atoms with Crippen LogP contribution in [0.1, 0.15) is 11.5 Å². The Bertz CT molecular complexity index is 853. The fourth-order valence-electron chi connectivity index (χ4n) is 1.99. The maximum absolute atomic E-state index is 14.1. The summed E-state index contributed by atoms with van der Waals surface area (Å²) in [5.41, 5.74) is 0.941. The molecule has 0 unspecified atom stereocenters. The van der Waals surface area contributed by atoms with E-state index in [1.54, 1.807) is 24.3 Å². The van der Waals surface area contributed by atoms with Crippen LogP contribution in [0.4, 0.5) is 14.5 Å². The molecular formula is C16H10F2N2O3. The second-order valence-corrected chi connectivity index (χ2v) is 4.79. The van der Waals surface area contributed by atoms with E-state index in [1.165, 1.54) is 30.3 Å². The number of oxazole rings is 1. The third-order valence-corrected chi connectivity index (χ3v) is 3.17. The number of para-hydroxylation sites is 2. The van der Waals surface area contributed by atoms with Crippen molar-refractivity contribution in [2.45, 2.75) is 5.92 Å². The lowest BCUT2D eigenvalue weighted by Gasteiger charge is -2.06. The zero-order valence-electron chi connectivity index (χ0n) is 11.6. The second-order valence-electron chi connectivity index (χ2n) is 4.79. The molecule has 7 heteroatoms. The molecule has 0 N–H and O–H groups in total. The van der Waals surface area contributed by atoms with Gasteiger partial charge in [0.2, 0.25) is 0 Å². The second kappa shape index (κ2) is 5.60. The molecule has 2 aromatic carbocycles. The summed E-state index contributed by atoms with van der Waals surface area (Å²) in [5.74, 6) is -4.09. The molecule has 0 atom stereocenters. The third-order valence-electron chi connectivity index (χ3n) is 3.17. The summed E-state index contributed by atoms with van der Waals surface area (Å²) in [6, 6.07) is 11.8. The minimum absolute atomic E-state index is 0.104. The first kappa shape index (κ1) is 14.8. The molecule has 23 heavy (non-hydrogen) atoms. The normalized spacial score (nSPS) is 12.1. The van der Waals surface area contributed by atoms with Crippen LogP contribution in [0, 0.1) is 10.1 Å². The van der Waals surface area contributed by atoms with Crippen molar-refractivity contribution in [3.8, 4) is 0 Å². The number of nitro groups is 1. The molecule has 3 aromatic rings. The summed E-state index contributed by atoms with van der Waals surface area (Å²) in [6.45, 7) is 0. The van der Waals surface area contributed by atoms with E-state index in [4.69, 9.17) is 4.42 Å². The van der Waals surface area contributed by atoms with E-state index in [-0.39, 0.29) is 11.3 Å². The Morgan fingerprint density at radius 3 is 2.48 bits per heavy atom. The number of aromatic nitrogens is 1. The Balaban J connectivity index is 1.85. The molecule has 0 aliphatic carbocycles. The molecule has 5 nitrogen and oxygen atoms in total. The first-order valence-electron chi connectivity index (χ1n) is 6.63. The number of rotatable bonds is 4. The van der Waals surface area contributed by atoms with Crippen molar-refractivity contribution in [2.24, 2.45) is 0 Å². The van der Waals surface area contributed by atoms with Gasteiger partial charge in [-0.2, -0.15) is 8.78 Å². The molecule has 0 aliphatic heterocycles. The Labute approximate surface area is 129 Å². The van der Waals surface area contributed by atoms with Crippen molar-refractivity contribution in [3.05, 3.63) is 76.2 Å². The van der Waals surface area contributed by atoms with Crippen molar-refractivity contribution in [2.75, 3.05) is 0 Å². The van der Waals surface area contributed by atoms with E-state index < -0.39 is 16.7 Å². The number of hydrogen-bond donors (Lipinski definition) is 0. The molecule has 0 aliphatic rings. The Morgan fingerprint density at radius 1 is 1.13 bits per heavy atom. The fraction of sp³-hybridized carbons (Fsp3) is 0.0625. The number of fused-ring (bicyclic) bond motifs is 1. The van der Waals surface area contributed by atoms with E-state index in [1.807, 2.05) is 0 Å². The first-order valence-corrected chi connectivity index (χ1v) is 6.63. The van der Waals surface area contributed by atoms with Gasteiger partial charge in [-0.05, 0) is 35.9 Å². The van der Waals surface area contributed by atoms with Crippen LogP contribution < -0.4 is 0 Å². The Kier molecular flexibility index (Phi) is 3.61. The molecule has 0 spiro atoms. The zero-order valence-corrected chi connectivity index (χ0v) is 11.6. The summed E-state index contributed by atoms with van der Waals surface area (Å²) in [5, 5.41) is 10.5. The van der Waals surface area contributed by atoms with E-state index in [0.29, 0.717) is 17.2 Å². The van der Waals surface area contributed by atoms with Gasteiger partial charge in [-0.1, -0.05) is 18.2 Å². The smallest absolute Gasteiger partial charge is 0.341 e. The van der Waals surface area contributed by atoms with Crippen LogP contribution >= 0.6 is 0 Å². The molecule has 0 amide bonds. The highest BCUT2D eigenvalue weighted by Gasteiger charge is 2.34. The van der Waals surface area contributed by atoms with E-state index in [2.05, 4.69) is 4.98 Å². The van der Waals surface area contributed by atoms with E-state index >= 15 is 0 Å². The average Bonchev–Trinajstić information content (AvgIpc) is 2.98. The van der Waals surface area contributed by atoms with Gasteiger partial charge in [0.25, 0.3) is 11.6 Å². The topological polar surface area (TPSA) is 69.2 Å². The largest absolute Gasteiger partial charge is 0.435 e. The molecule has 0 saturated heterocycles. The highest BCUT2D eigenvalue weighted by molar-refractivity contribution is 5.72. The molecule has 1 aromatic heterocycles. The molecule has 0 saturated carbocycles. The number of alkyl halides is 2. The van der Waals surface area contributed by atoms with Gasteiger partial charge in [0.15, 0.2) is 5.58 Å². The number of non-ortho nitro benzene ring substituents is 1. The van der Waals surface area contributed by atoms with Crippen molar-refractivity contribution in [3.63, 3.8) is 0 Å². The lowest BCUT2D eigenvalue weighted by Crippen LogP contribution is -2.09. The van der Waals surface area contributed by atoms with Gasteiger partial charge in [-0.3, -0.25) is 10.1 Å². The maximum atomic E-state index is 14.1. The van der Waals surface area contributed by atoms with E-state index in [9.17, 15) is 18.9 Å². The lowest BCUT2D eigenvalue weighted by molar-refractivity contribution is -0.384. The molecule has 0 fully saturated rings. The standard InChI is InChI=1S/C16H10F2N2O3/c17-16(18,15-19-13-3-1-2-4-14(13)23-15)10-9-11-5-7-12(8-6-11)20(21)22/h1-10H/b10-9+. The van der Waals surface area contributed by atoms with Crippen LogP contribution in [0.3, 0.4) is 0 Å². The van der Waals surface area contributed by atoms with Gasteiger partial charge in [0.05, 0.1) is 4.92 Å². The van der Waals surface area contributed by atoms with Crippen LogP contribution in [-0.2, 0) is 5.92 Å². The summed E-state index contributed by atoms with van der Waals surface area (Å²) in [7, 11) is 0. The lowest BCUT2D eigenvalue weighted by atomic mass is 10.1. The van der Waals surface area contributed by atoms with E-state index in [0.717, 1.165) is 0 Å². The Hall–Kier alpha value is -3.09. The number of allylic oxidation sites excluding steroid dienone is 1. The minimum atomic E-state index is -3.39. The van der Waals surface area contributed by atoms with Crippen molar-refractivity contribution in [1.29, 1.82) is 0 Å². The molecule has 116 valence electrons. The fourth-order valence-corrected chi connectivity index (χ4v) is 1.99. The van der Waals surface area contributed by atoms with Crippen molar-refractivity contribution < 1.29 is 18.1 Å². The van der Waals surface area contributed by atoms with Crippen molar-refractivity contribution in [1.82, 2.24) is 4.98 Å². The molecule has 3 rings (SSSR count). The number of nitrogens with zero attached hydrogens (tertiary/aromatic N) is 2. The summed E-state index contributed by atoms with van der Waals surface area (Å²) >= 11 is 0. The maximum Gasteiger partial charge on any atom is 0.341 e. The Morgan fingerprint density at radius 2 is 1.83 bits per heavy atom. The van der Waals surface area contributed by atoms with Gasteiger partial charge in [0, 0.05) is 12.1 Å². The summed E-state index contributed by atoms with van der Waals surface area (Å²) < 4.78 is 33.3. The monoisotopic (exact) mass is 316 g/mol. The number of hydrogen-bond acceptors (Lipinski definition) is 4. The van der Waals surface area contributed by atoms with Gasteiger partial charge < -0.3 is 4.42 Å². The molecule has 0 bridgehead atoms. The van der Waals surface area contributed by atoms with Crippen LogP contribution in [0.15, 0.2) is 59.0 Å². The minimum Gasteiger partial charge on any atom is -0.435 e. The summed E-state index contributed by atoms with van der Waals surface area (Å²) in [6.07, 6.45) is 1.82. The zero-order chi connectivity index (χ0) is 16.4. The molecule has 1 heterocycles. The van der Waals surface area contributed by atoms with Crippen LogP contribution in [-0.4, -0.2) is 9.91 Å². The first-order chi connectivity index (χ1) is 11.0. The van der Waals surface area contributed by atoms with Gasteiger partial charge in [0.1, 0.15) is 5.52 Å². The number of benzene rings is 2. The average molecular weight is 316 g/mol. The van der Waals surface area contributed by atoms with Crippen LogP contribution in [0.2, 0.25) is 0 Å². The van der Waals surface area contributed by atoms with Crippen molar-refractivity contribution >= 4 is 22.9 Å². The van der Waals surface area contributed by atoms with Gasteiger partial charge in [-0.15, -0.1) is 0 Å². The van der Waals surface area contributed by atoms with Gasteiger partial charge >= 0.3 is 5.92 Å². The van der Waals surface area contributed by atoms with Crippen LogP contribution in [0.25, 0.3) is 17.2 Å². The molecular weight excluding hydrogens is 306 g/mol. The number of halogens is 2. The predicted molar refractivity (Wildman–Crippen MR) is 80.0 cm³/mol. The predicted octanol–water partition coefficient (Wildman–Crippen LogP) is 4.54. The summed E-state index contributed by atoms with van der Waals surface area (Å²) in [4.78, 5) is 13.8. The van der Waals surface area contributed by atoms with Crippen LogP contribution in [0.5, 0.6) is 0 Å². The third kappa shape index (κ3) is 3.08. The number of nitro benzene ring substituents is 1. The SMILES string of the molecule is O=[N+]([O-])c1ccc(/C=C/C(F)(F)c2nc3ccccc3o2)cc1. The highest BCUT2D eigenvalue weighted by atomic mass is 19.3. The molecule has 0 radical (unpaired) electrons. The quantitative estimate of drug-likeness (QED) is 0.523. The highest BCUT2D eigenvalue weighted by Crippen LogP contribution is 2.32. The van der Waals surface area contributed by atoms with Gasteiger partial charge in [-0.25, -0.2) is 4.98 Å².